The average molecular weight is 768 g/mol. The average Bonchev–Trinajstić information content (AvgIpc) is 3.69. The van der Waals surface area contributed by atoms with Crippen molar-refractivity contribution in [2.24, 2.45) is 5.92 Å². The number of nitrogens with zero attached hydrogens (tertiary/aromatic N) is 3. The van der Waals surface area contributed by atoms with Crippen molar-refractivity contribution in [2.75, 3.05) is 49.9 Å². The lowest BCUT2D eigenvalue weighted by Gasteiger charge is -2.44. The smallest absolute Gasteiger partial charge is 0.414 e. The summed E-state index contributed by atoms with van der Waals surface area (Å²) < 4.78 is 33.2. The molecule has 0 saturated carbocycles. The number of benzene rings is 3. The number of hydrogen-bond acceptors (Lipinski definition) is 10. The van der Waals surface area contributed by atoms with Crippen LogP contribution in [0.5, 0.6) is 0 Å². The molecule has 17 heteroatoms. The Bertz CT molecular complexity index is 1890. The molecule has 4 fully saturated rings. The standard InChI is InChI=1S/C35H39N5O8S2.CH2O2/c41-31(36-14-15-37-32(42)27-8-5-11-29(21-27)50(46,47)40-18-19-49-33(40)34(43)44)26-7-4-6-24(20-26)22-39(28-9-2-1-3-10-28)35(45)48-30-23-38-16-12-25(30)13-17-38;2-1-3/h1-11,20-21,25,30,33H,12-19,22-23H2,(H,36,41)(H,37,42)(H,43,44);1H,(H,2,3)/t30-,33-;/m0./s1. The first kappa shape index (κ1) is 39.2. The van der Waals surface area contributed by atoms with Gasteiger partial charge in [-0.05, 0) is 79.9 Å². The molecule has 2 atom stereocenters. The number of para-hydroxylation sites is 1. The summed E-state index contributed by atoms with van der Waals surface area (Å²) in [7, 11) is -4.13. The molecule has 15 nitrogen and oxygen atoms in total. The summed E-state index contributed by atoms with van der Waals surface area (Å²) in [5.74, 6) is -1.44. The molecule has 4 saturated heterocycles. The van der Waals surface area contributed by atoms with Crippen molar-refractivity contribution < 1.29 is 47.3 Å². The second-order valence-electron chi connectivity index (χ2n) is 12.5. The third-order valence-electron chi connectivity index (χ3n) is 9.13. The van der Waals surface area contributed by atoms with Crippen molar-refractivity contribution in [1.82, 2.24) is 19.8 Å². The fraction of sp³-hybridized carbons (Fsp3) is 0.361. The lowest BCUT2D eigenvalue weighted by atomic mass is 9.86. The highest BCUT2D eigenvalue weighted by molar-refractivity contribution is 8.02. The molecule has 0 spiro atoms. The summed E-state index contributed by atoms with van der Waals surface area (Å²) in [6.07, 6.45) is 1.47. The molecular weight excluding hydrogens is 727 g/mol. The number of sulfonamides is 1. The molecule has 53 heavy (non-hydrogen) atoms. The van der Waals surface area contributed by atoms with E-state index in [1.54, 1.807) is 23.1 Å². The summed E-state index contributed by atoms with van der Waals surface area (Å²) >= 11 is 1.03. The first-order valence-electron chi connectivity index (χ1n) is 17.0. The van der Waals surface area contributed by atoms with Crippen LogP contribution in [0.1, 0.15) is 39.1 Å². The van der Waals surface area contributed by atoms with Gasteiger partial charge in [0.2, 0.25) is 10.0 Å². The molecule has 2 bridgehead atoms. The Morgan fingerprint density at radius 1 is 0.887 bits per heavy atom. The predicted octanol–water partition coefficient (Wildman–Crippen LogP) is 2.93. The van der Waals surface area contributed by atoms with E-state index in [1.807, 2.05) is 36.4 Å². The Labute approximate surface area is 311 Å². The van der Waals surface area contributed by atoms with E-state index >= 15 is 0 Å². The molecule has 4 aliphatic heterocycles. The number of piperidine rings is 3. The number of rotatable bonds is 12. The molecule has 0 aliphatic carbocycles. The first-order valence-corrected chi connectivity index (χ1v) is 19.5. The first-order chi connectivity index (χ1) is 25.5. The van der Waals surface area contributed by atoms with Gasteiger partial charge in [-0.2, -0.15) is 4.31 Å². The summed E-state index contributed by atoms with van der Waals surface area (Å²) in [6, 6.07) is 21.7. The monoisotopic (exact) mass is 767 g/mol. The van der Waals surface area contributed by atoms with Crippen LogP contribution in [0.3, 0.4) is 0 Å². The van der Waals surface area contributed by atoms with Crippen LogP contribution in [-0.4, -0.2) is 115 Å². The molecule has 3 amide bonds. The highest BCUT2D eigenvalue weighted by Crippen LogP contribution is 2.32. The number of ether oxygens (including phenoxy) is 1. The lowest BCUT2D eigenvalue weighted by molar-refractivity contribution is -0.138. The van der Waals surface area contributed by atoms with Gasteiger partial charge in [0.15, 0.2) is 5.37 Å². The topological polar surface area (TPSA) is 203 Å². The number of carboxylic acid groups (broad SMARTS) is 2. The number of carbonyl (C=O) groups is 5. The summed E-state index contributed by atoms with van der Waals surface area (Å²) in [5.41, 5.74) is 1.88. The Kier molecular flexibility index (Phi) is 13.5. The minimum Gasteiger partial charge on any atom is -0.483 e. The summed E-state index contributed by atoms with van der Waals surface area (Å²) in [6.45, 7) is 3.00. The maximum absolute atomic E-state index is 13.5. The molecule has 3 aromatic carbocycles. The Hall–Kier alpha value is -4.97. The SMILES string of the molecule is O=C(NCCNC(=O)c1cccc(S(=O)(=O)N2CCS[C@H]2C(=O)O)c1)c1cccc(CN(C(=O)O[C@H]2CN3CCC2CC3)c2ccccc2)c1.O=CO. The Morgan fingerprint density at radius 2 is 1.51 bits per heavy atom. The molecular formula is C36H41N5O10S2. The van der Waals surface area contributed by atoms with Gasteiger partial charge < -0.3 is 25.6 Å². The molecule has 0 unspecified atom stereocenters. The number of amides is 3. The minimum atomic E-state index is -4.13. The fourth-order valence-corrected chi connectivity index (χ4v) is 9.53. The van der Waals surface area contributed by atoms with Crippen molar-refractivity contribution in [1.29, 1.82) is 0 Å². The van der Waals surface area contributed by atoms with Crippen molar-refractivity contribution in [3.63, 3.8) is 0 Å². The zero-order valence-corrected chi connectivity index (χ0v) is 30.3. The fourth-order valence-electron chi connectivity index (χ4n) is 6.48. The van der Waals surface area contributed by atoms with Gasteiger partial charge in [-0.1, -0.05) is 36.4 Å². The number of aliphatic carboxylic acids is 1. The van der Waals surface area contributed by atoms with Gasteiger partial charge in [0.1, 0.15) is 6.10 Å². The van der Waals surface area contributed by atoms with Crippen molar-refractivity contribution in [3.8, 4) is 0 Å². The molecule has 4 N–H and O–H groups in total. The third-order valence-corrected chi connectivity index (χ3v) is 12.3. The van der Waals surface area contributed by atoms with Gasteiger partial charge in [-0.3, -0.25) is 24.2 Å². The zero-order valence-electron chi connectivity index (χ0n) is 28.7. The second kappa shape index (κ2) is 18.2. The van der Waals surface area contributed by atoms with Crippen LogP contribution in [0.25, 0.3) is 0 Å². The molecule has 0 aromatic heterocycles. The van der Waals surface area contributed by atoms with Crippen molar-refractivity contribution >= 4 is 57.8 Å². The van der Waals surface area contributed by atoms with E-state index in [9.17, 15) is 32.7 Å². The minimum absolute atomic E-state index is 0.0561. The van der Waals surface area contributed by atoms with E-state index in [1.165, 1.54) is 24.3 Å². The van der Waals surface area contributed by atoms with Crippen LogP contribution in [-0.2, 0) is 30.9 Å². The highest BCUT2D eigenvalue weighted by Gasteiger charge is 2.40. The van der Waals surface area contributed by atoms with Crippen LogP contribution in [0.2, 0.25) is 0 Å². The Balaban J connectivity index is 0.00000175. The van der Waals surface area contributed by atoms with E-state index < -0.39 is 33.4 Å². The van der Waals surface area contributed by atoms with Crippen molar-refractivity contribution in [3.05, 3.63) is 95.6 Å². The van der Waals surface area contributed by atoms with Gasteiger partial charge in [0.05, 0.1) is 11.4 Å². The number of anilines is 1. The largest absolute Gasteiger partial charge is 0.483 e. The van der Waals surface area contributed by atoms with Crippen LogP contribution >= 0.6 is 11.8 Å². The summed E-state index contributed by atoms with van der Waals surface area (Å²) in [4.78, 5) is 63.0. The molecule has 4 aliphatic rings. The van der Waals surface area contributed by atoms with Crippen LogP contribution in [0.15, 0.2) is 83.8 Å². The van der Waals surface area contributed by atoms with Crippen molar-refractivity contribution in [2.45, 2.75) is 35.8 Å². The van der Waals surface area contributed by atoms with Crippen LogP contribution in [0, 0.1) is 5.92 Å². The quantitative estimate of drug-likeness (QED) is 0.155. The van der Waals surface area contributed by atoms with E-state index in [0.717, 1.165) is 54.1 Å². The number of fused-ring (bicyclic) bond motifs is 3. The molecule has 4 heterocycles. The number of carbonyl (C=O) groups excluding carboxylic acids is 3. The van der Waals surface area contributed by atoms with E-state index in [0.29, 0.717) is 22.9 Å². The number of carboxylic acids is 1. The zero-order chi connectivity index (χ0) is 38.0. The van der Waals surface area contributed by atoms with E-state index in [4.69, 9.17) is 14.6 Å². The van der Waals surface area contributed by atoms with E-state index in [2.05, 4.69) is 15.5 Å². The molecule has 3 aromatic rings. The number of hydrogen-bond donors (Lipinski definition) is 4. The normalized spacial score (nSPS) is 20.7. The van der Waals surface area contributed by atoms with E-state index in [-0.39, 0.29) is 55.1 Å². The van der Waals surface area contributed by atoms with Gasteiger partial charge in [0.25, 0.3) is 18.3 Å². The van der Waals surface area contributed by atoms with Crippen LogP contribution < -0.4 is 15.5 Å². The lowest BCUT2D eigenvalue weighted by Crippen LogP contribution is -2.53. The second-order valence-corrected chi connectivity index (χ2v) is 15.6. The predicted molar refractivity (Wildman–Crippen MR) is 196 cm³/mol. The molecule has 282 valence electrons. The van der Waals surface area contributed by atoms with Gasteiger partial charge in [-0.15, -0.1) is 11.8 Å². The number of nitrogens with one attached hydrogen (secondary N) is 2. The summed E-state index contributed by atoms with van der Waals surface area (Å²) in [5, 5.41) is 20.5. The van der Waals surface area contributed by atoms with Gasteiger partial charge in [0, 0.05) is 48.7 Å². The third kappa shape index (κ3) is 9.92. The maximum atomic E-state index is 13.5. The number of thioether (sulfide) groups is 1. The highest BCUT2D eigenvalue weighted by atomic mass is 32.2. The van der Waals surface area contributed by atoms with Gasteiger partial charge >= 0.3 is 12.1 Å². The maximum Gasteiger partial charge on any atom is 0.414 e. The Morgan fingerprint density at radius 3 is 2.11 bits per heavy atom. The molecule has 7 rings (SSSR count). The van der Waals surface area contributed by atoms with Crippen LogP contribution in [0.4, 0.5) is 10.5 Å². The molecule has 0 radical (unpaired) electrons. The van der Waals surface area contributed by atoms with Gasteiger partial charge in [-0.25, -0.2) is 18.0 Å².